The molecule has 0 atom stereocenters. The van der Waals surface area contributed by atoms with E-state index in [1.165, 1.54) is 47.5 Å². The summed E-state index contributed by atoms with van der Waals surface area (Å²) < 4.78 is 61.8. The molecule has 4 rings (SSSR count). The number of hydrogen-bond acceptors (Lipinski definition) is 6. The van der Waals surface area contributed by atoms with Crippen LogP contribution in [-0.2, 0) is 13.3 Å². The molecule has 14 heteroatoms. The van der Waals surface area contributed by atoms with Gasteiger partial charge in [0, 0.05) is 30.1 Å². The molecule has 0 bridgehead atoms. The molecule has 1 N–H and O–H groups in total. The molecule has 1 amide bonds. The molecule has 0 aliphatic carbocycles. The number of hydrogen-bond donors (Lipinski definition) is 1. The van der Waals surface area contributed by atoms with E-state index < -0.39 is 46.2 Å². The van der Waals surface area contributed by atoms with E-state index in [1.54, 1.807) is 6.07 Å². The number of ether oxygens (including phenoxy) is 1. The van der Waals surface area contributed by atoms with Crippen molar-refractivity contribution in [3.05, 3.63) is 99.6 Å². The maximum Gasteiger partial charge on any atom is 0.311 e. The number of nitro groups is 1. The van der Waals surface area contributed by atoms with Crippen LogP contribution in [0.4, 0.5) is 28.9 Å². The molecule has 2 aromatic carbocycles. The molecule has 0 radical (unpaired) electrons. The molecule has 0 aliphatic rings. The smallest absolute Gasteiger partial charge is 0.311 e. The highest BCUT2D eigenvalue weighted by Crippen LogP contribution is 2.26. The second kappa shape index (κ2) is 9.62. The van der Waals surface area contributed by atoms with Gasteiger partial charge >= 0.3 is 5.69 Å². The molecular weight excluding hydrogens is 476 g/mol. The lowest BCUT2D eigenvalue weighted by Crippen LogP contribution is -2.14. The number of halogens is 4. The second-order valence-electron chi connectivity index (χ2n) is 7.07. The highest BCUT2D eigenvalue weighted by atomic mass is 19.2. The van der Waals surface area contributed by atoms with Gasteiger partial charge in [-0.2, -0.15) is 10.2 Å². The highest BCUT2D eigenvalue weighted by molar-refractivity contribution is 6.02. The summed E-state index contributed by atoms with van der Waals surface area (Å²) in [4.78, 5) is 22.9. The first-order chi connectivity index (χ1) is 16.7. The Bertz CT molecular complexity index is 1420. The van der Waals surface area contributed by atoms with Crippen LogP contribution in [0.2, 0.25) is 0 Å². The number of anilines is 1. The lowest BCUT2D eigenvalue weighted by atomic mass is 10.2. The van der Waals surface area contributed by atoms with Crippen molar-refractivity contribution in [1.82, 2.24) is 19.6 Å². The molecule has 10 nitrogen and oxygen atoms in total. The van der Waals surface area contributed by atoms with Crippen LogP contribution in [0, 0.1) is 33.4 Å². The minimum atomic E-state index is -1.80. The third kappa shape index (κ3) is 5.10. The first kappa shape index (κ1) is 23.4. The molecule has 0 spiro atoms. The van der Waals surface area contributed by atoms with Gasteiger partial charge in [0.15, 0.2) is 35.6 Å². The number of rotatable bonds is 8. The van der Waals surface area contributed by atoms with Gasteiger partial charge in [-0.1, -0.05) is 12.1 Å². The number of para-hydroxylation sites is 2. The first-order valence-electron chi connectivity index (χ1n) is 9.78. The average molecular weight is 490 g/mol. The SMILES string of the molecule is O=C(Nc1cnn(Cc2c(F)cc(F)c(F)c2F)c1)c1ccn(COc2ccccc2[N+](=O)[O-])n1. The summed E-state index contributed by atoms with van der Waals surface area (Å²) in [5, 5.41) is 21.4. The Morgan fingerprint density at radius 2 is 1.86 bits per heavy atom. The Morgan fingerprint density at radius 1 is 1.09 bits per heavy atom. The molecule has 35 heavy (non-hydrogen) atoms. The van der Waals surface area contributed by atoms with Gasteiger partial charge in [0.05, 0.1) is 23.4 Å². The summed E-state index contributed by atoms with van der Waals surface area (Å²) in [7, 11) is 0. The zero-order valence-corrected chi connectivity index (χ0v) is 17.5. The van der Waals surface area contributed by atoms with Crippen molar-refractivity contribution in [1.29, 1.82) is 0 Å². The monoisotopic (exact) mass is 490 g/mol. The highest BCUT2D eigenvalue weighted by Gasteiger charge is 2.20. The summed E-state index contributed by atoms with van der Waals surface area (Å²) in [6.45, 7) is -0.760. The van der Waals surface area contributed by atoms with Crippen molar-refractivity contribution in [3.63, 3.8) is 0 Å². The summed E-state index contributed by atoms with van der Waals surface area (Å²) in [6, 6.07) is 7.37. The van der Waals surface area contributed by atoms with E-state index in [2.05, 4.69) is 15.5 Å². The van der Waals surface area contributed by atoms with E-state index in [0.29, 0.717) is 0 Å². The van der Waals surface area contributed by atoms with Crippen molar-refractivity contribution in [3.8, 4) is 5.75 Å². The molecule has 180 valence electrons. The van der Waals surface area contributed by atoms with Gasteiger partial charge in [-0.15, -0.1) is 0 Å². The van der Waals surface area contributed by atoms with Crippen LogP contribution < -0.4 is 10.1 Å². The molecule has 2 heterocycles. The lowest BCUT2D eigenvalue weighted by molar-refractivity contribution is -0.386. The summed E-state index contributed by atoms with van der Waals surface area (Å²) in [5.74, 6) is -7.03. The first-order valence-corrected chi connectivity index (χ1v) is 9.78. The topological polar surface area (TPSA) is 117 Å². The Hall–Kier alpha value is -4.75. The number of nitrogens with zero attached hydrogens (tertiary/aromatic N) is 5. The third-order valence-corrected chi connectivity index (χ3v) is 4.71. The molecule has 0 saturated heterocycles. The predicted octanol–water partition coefficient (Wildman–Crippen LogP) is 3.88. The summed E-state index contributed by atoms with van der Waals surface area (Å²) >= 11 is 0. The van der Waals surface area contributed by atoms with Crippen molar-refractivity contribution in [2.24, 2.45) is 0 Å². The largest absolute Gasteiger partial charge is 0.464 e. The van der Waals surface area contributed by atoms with Gasteiger partial charge in [0.1, 0.15) is 5.82 Å². The Labute approximate surface area is 193 Å². The quantitative estimate of drug-likeness (QED) is 0.132. The predicted molar refractivity (Wildman–Crippen MR) is 112 cm³/mol. The van der Waals surface area contributed by atoms with E-state index >= 15 is 0 Å². The number of carbonyl (C=O) groups is 1. The van der Waals surface area contributed by atoms with E-state index in [1.807, 2.05) is 0 Å². The van der Waals surface area contributed by atoms with Crippen molar-refractivity contribution in [2.75, 3.05) is 5.32 Å². The van der Waals surface area contributed by atoms with Crippen molar-refractivity contribution < 1.29 is 32.0 Å². The van der Waals surface area contributed by atoms with Crippen LogP contribution in [0.3, 0.4) is 0 Å². The fourth-order valence-corrected chi connectivity index (χ4v) is 3.04. The number of nitro benzene ring substituents is 1. The van der Waals surface area contributed by atoms with Crippen LogP contribution in [0.15, 0.2) is 55.0 Å². The summed E-state index contributed by atoms with van der Waals surface area (Å²) in [5.41, 5.74) is -0.842. The molecule has 0 aliphatic heterocycles. The summed E-state index contributed by atoms with van der Waals surface area (Å²) in [6.07, 6.45) is 3.83. The maximum atomic E-state index is 13.9. The number of carbonyl (C=O) groups excluding carboxylic acids is 1. The van der Waals surface area contributed by atoms with Crippen molar-refractivity contribution >= 4 is 17.3 Å². The Kier molecular flexibility index (Phi) is 6.44. The fourth-order valence-electron chi connectivity index (χ4n) is 3.04. The maximum absolute atomic E-state index is 13.9. The molecule has 0 fully saturated rings. The van der Waals surface area contributed by atoms with Crippen LogP contribution >= 0.6 is 0 Å². The molecule has 0 unspecified atom stereocenters. The minimum absolute atomic E-state index is 0.0263. The van der Waals surface area contributed by atoms with Crippen LogP contribution in [-0.4, -0.2) is 30.4 Å². The molecule has 4 aromatic rings. The van der Waals surface area contributed by atoms with Crippen molar-refractivity contribution in [2.45, 2.75) is 13.3 Å². The van der Waals surface area contributed by atoms with Crippen LogP contribution in [0.5, 0.6) is 5.75 Å². The third-order valence-electron chi connectivity index (χ3n) is 4.71. The van der Waals surface area contributed by atoms with E-state index in [9.17, 15) is 32.5 Å². The zero-order valence-electron chi connectivity index (χ0n) is 17.5. The number of nitrogens with one attached hydrogen (secondary N) is 1. The van der Waals surface area contributed by atoms with Gasteiger partial charge in [-0.3, -0.25) is 19.6 Å². The van der Waals surface area contributed by atoms with Gasteiger partial charge < -0.3 is 10.1 Å². The van der Waals surface area contributed by atoms with Gasteiger partial charge in [-0.25, -0.2) is 22.2 Å². The second-order valence-corrected chi connectivity index (χ2v) is 7.07. The Balaban J connectivity index is 1.39. The normalized spacial score (nSPS) is 10.9. The average Bonchev–Trinajstić information content (AvgIpc) is 3.49. The standard InChI is InChI=1S/C21H14F4N6O4/c22-14-7-15(23)20(25)19(24)13(14)10-30-9-12(8-26-30)27-21(32)16-5-6-29(28-16)11-35-18-4-2-1-3-17(18)31(33)34/h1-9H,10-11H2,(H,27,32). The molecular formula is C21H14F4N6O4. The van der Waals surface area contributed by atoms with E-state index in [-0.39, 0.29) is 35.6 Å². The lowest BCUT2D eigenvalue weighted by Gasteiger charge is -2.07. The number of amides is 1. The van der Waals surface area contributed by atoms with Gasteiger partial charge in [0.25, 0.3) is 5.91 Å². The van der Waals surface area contributed by atoms with Gasteiger partial charge in [-0.05, 0) is 12.1 Å². The molecule has 2 aromatic heterocycles. The minimum Gasteiger partial charge on any atom is -0.464 e. The van der Waals surface area contributed by atoms with Crippen LogP contribution in [0.25, 0.3) is 0 Å². The fraction of sp³-hybridized carbons (Fsp3) is 0.0952. The van der Waals surface area contributed by atoms with Crippen LogP contribution in [0.1, 0.15) is 16.1 Å². The zero-order chi connectivity index (χ0) is 25.1. The van der Waals surface area contributed by atoms with E-state index in [4.69, 9.17) is 4.74 Å². The van der Waals surface area contributed by atoms with Gasteiger partial charge in [0.2, 0.25) is 0 Å². The number of aromatic nitrogens is 4. The number of benzene rings is 2. The Morgan fingerprint density at radius 3 is 2.63 bits per heavy atom. The van der Waals surface area contributed by atoms with E-state index in [0.717, 1.165) is 4.68 Å². The molecule has 0 saturated carbocycles.